The molecule has 1 amide bonds. The second kappa shape index (κ2) is 6.14. The quantitative estimate of drug-likeness (QED) is 0.825. The molecule has 98 valence electrons. The van der Waals surface area contributed by atoms with E-state index >= 15 is 0 Å². The van der Waals surface area contributed by atoms with Crippen molar-refractivity contribution in [1.82, 2.24) is 5.32 Å². The third-order valence-corrected chi connectivity index (χ3v) is 4.69. The number of nitrogens with two attached hydrogens (primary N) is 1. The molecular weight excluding hydrogens is 244 g/mol. The van der Waals surface area contributed by atoms with Gasteiger partial charge in [-0.2, -0.15) is 11.8 Å². The Labute approximate surface area is 113 Å². The molecule has 0 bridgehead atoms. The summed E-state index contributed by atoms with van der Waals surface area (Å²) < 4.78 is 0. The van der Waals surface area contributed by atoms with Gasteiger partial charge < -0.3 is 11.1 Å². The van der Waals surface area contributed by atoms with Crippen LogP contribution in [0, 0.1) is 6.92 Å². The summed E-state index contributed by atoms with van der Waals surface area (Å²) in [7, 11) is 0. The van der Waals surface area contributed by atoms with Gasteiger partial charge in [-0.05, 0) is 49.3 Å². The summed E-state index contributed by atoms with van der Waals surface area (Å²) in [5.41, 5.74) is 8.13. The van der Waals surface area contributed by atoms with E-state index in [1.807, 2.05) is 24.8 Å². The maximum Gasteiger partial charge on any atom is 0.251 e. The van der Waals surface area contributed by atoms with Crippen LogP contribution in [0.2, 0.25) is 0 Å². The summed E-state index contributed by atoms with van der Waals surface area (Å²) in [6.07, 6.45) is 3.81. The fourth-order valence-corrected chi connectivity index (χ4v) is 3.33. The first-order chi connectivity index (χ1) is 8.66. The molecule has 0 radical (unpaired) electrons. The zero-order valence-corrected chi connectivity index (χ0v) is 11.6. The maximum atomic E-state index is 12.0. The molecule has 1 unspecified atom stereocenters. The summed E-state index contributed by atoms with van der Waals surface area (Å²) >= 11 is 1.97. The van der Waals surface area contributed by atoms with Gasteiger partial charge >= 0.3 is 0 Å². The van der Waals surface area contributed by atoms with Gasteiger partial charge in [0.25, 0.3) is 5.91 Å². The highest BCUT2D eigenvalue weighted by Crippen LogP contribution is 2.24. The average molecular weight is 264 g/mol. The SMILES string of the molecule is Cc1cc(C(=O)NCC2CCCCS2)ccc1N. The van der Waals surface area contributed by atoms with Crippen LogP contribution < -0.4 is 11.1 Å². The zero-order valence-electron chi connectivity index (χ0n) is 10.7. The van der Waals surface area contributed by atoms with Crippen molar-refractivity contribution in [1.29, 1.82) is 0 Å². The topological polar surface area (TPSA) is 55.1 Å². The van der Waals surface area contributed by atoms with Crippen LogP contribution in [0.1, 0.15) is 35.2 Å². The Balaban J connectivity index is 1.88. The molecule has 4 heteroatoms. The first kappa shape index (κ1) is 13.3. The predicted molar refractivity (Wildman–Crippen MR) is 78.0 cm³/mol. The molecule has 0 saturated carbocycles. The summed E-state index contributed by atoms with van der Waals surface area (Å²) in [4.78, 5) is 12.0. The van der Waals surface area contributed by atoms with Crippen molar-refractivity contribution in [3.05, 3.63) is 29.3 Å². The summed E-state index contributed by atoms with van der Waals surface area (Å²) in [6, 6.07) is 5.42. The summed E-state index contributed by atoms with van der Waals surface area (Å²) in [6.45, 7) is 2.69. The van der Waals surface area contributed by atoms with Gasteiger partial charge in [0.15, 0.2) is 0 Å². The minimum Gasteiger partial charge on any atom is -0.399 e. The number of carbonyl (C=O) groups is 1. The van der Waals surface area contributed by atoms with Gasteiger partial charge in [-0.15, -0.1) is 0 Å². The molecular formula is C14H20N2OS. The van der Waals surface area contributed by atoms with E-state index in [9.17, 15) is 4.79 Å². The van der Waals surface area contributed by atoms with Gasteiger partial charge in [0.1, 0.15) is 0 Å². The second-order valence-electron chi connectivity index (χ2n) is 4.77. The molecule has 0 spiro atoms. The summed E-state index contributed by atoms with van der Waals surface area (Å²) in [5.74, 6) is 1.23. The highest BCUT2D eigenvalue weighted by molar-refractivity contribution is 7.99. The molecule has 0 aromatic heterocycles. The number of anilines is 1. The number of benzene rings is 1. The van der Waals surface area contributed by atoms with Crippen molar-refractivity contribution < 1.29 is 4.79 Å². The van der Waals surface area contributed by atoms with Gasteiger partial charge in [-0.25, -0.2) is 0 Å². The molecule has 1 saturated heterocycles. The van der Waals surface area contributed by atoms with Crippen molar-refractivity contribution in [2.24, 2.45) is 0 Å². The lowest BCUT2D eigenvalue weighted by atomic mass is 10.1. The van der Waals surface area contributed by atoms with Gasteiger partial charge in [0, 0.05) is 23.0 Å². The van der Waals surface area contributed by atoms with Gasteiger partial charge in [-0.1, -0.05) is 6.42 Å². The largest absolute Gasteiger partial charge is 0.399 e. The fourth-order valence-electron chi connectivity index (χ4n) is 2.09. The number of thioether (sulfide) groups is 1. The lowest BCUT2D eigenvalue weighted by Crippen LogP contribution is -2.31. The van der Waals surface area contributed by atoms with E-state index in [0.29, 0.717) is 10.8 Å². The van der Waals surface area contributed by atoms with Crippen LogP contribution >= 0.6 is 11.8 Å². The monoisotopic (exact) mass is 264 g/mol. The van der Waals surface area contributed by atoms with Crippen molar-refractivity contribution >= 4 is 23.4 Å². The highest BCUT2D eigenvalue weighted by atomic mass is 32.2. The Morgan fingerprint density at radius 1 is 1.50 bits per heavy atom. The lowest BCUT2D eigenvalue weighted by Gasteiger charge is -2.21. The van der Waals surface area contributed by atoms with Crippen molar-refractivity contribution in [3.8, 4) is 0 Å². The molecule has 18 heavy (non-hydrogen) atoms. The molecule has 1 fully saturated rings. The zero-order chi connectivity index (χ0) is 13.0. The third-order valence-electron chi connectivity index (χ3n) is 3.30. The van der Waals surface area contributed by atoms with E-state index < -0.39 is 0 Å². The Morgan fingerprint density at radius 3 is 3.00 bits per heavy atom. The number of nitrogen functional groups attached to an aromatic ring is 1. The molecule has 3 nitrogen and oxygen atoms in total. The first-order valence-electron chi connectivity index (χ1n) is 6.43. The number of rotatable bonds is 3. The van der Waals surface area contributed by atoms with E-state index in [1.54, 1.807) is 12.1 Å². The van der Waals surface area contributed by atoms with E-state index in [1.165, 1.54) is 25.0 Å². The minimum atomic E-state index is 0.00396. The number of amides is 1. The number of hydrogen-bond acceptors (Lipinski definition) is 3. The standard InChI is InChI=1S/C14H20N2OS/c1-10-8-11(5-6-13(10)15)14(17)16-9-12-4-2-3-7-18-12/h5-6,8,12H,2-4,7,9,15H2,1H3,(H,16,17). The molecule has 0 aliphatic carbocycles. The van der Waals surface area contributed by atoms with Crippen molar-refractivity contribution in [2.75, 3.05) is 18.0 Å². The Hall–Kier alpha value is -1.16. The molecule has 1 atom stereocenters. The Kier molecular flexibility index (Phi) is 4.53. The van der Waals surface area contributed by atoms with Gasteiger partial charge in [-0.3, -0.25) is 4.79 Å². The van der Waals surface area contributed by atoms with Crippen LogP contribution in [0.4, 0.5) is 5.69 Å². The lowest BCUT2D eigenvalue weighted by molar-refractivity contribution is 0.0953. The van der Waals surface area contributed by atoms with Crippen molar-refractivity contribution in [2.45, 2.75) is 31.4 Å². The maximum absolute atomic E-state index is 12.0. The summed E-state index contributed by atoms with van der Waals surface area (Å²) in [5, 5.41) is 3.60. The number of aryl methyl sites for hydroxylation is 1. The van der Waals surface area contributed by atoms with E-state index in [-0.39, 0.29) is 5.91 Å². The third kappa shape index (κ3) is 3.42. The molecule has 3 N–H and O–H groups in total. The molecule has 2 rings (SSSR count). The van der Waals surface area contributed by atoms with Gasteiger partial charge in [0.05, 0.1) is 0 Å². The van der Waals surface area contributed by atoms with Crippen LogP contribution in [0.3, 0.4) is 0 Å². The van der Waals surface area contributed by atoms with Crippen LogP contribution in [0.15, 0.2) is 18.2 Å². The molecule has 1 heterocycles. The molecule has 1 aromatic carbocycles. The van der Waals surface area contributed by atoms with Crippen LogP contribution in [-0.2, 0) is 0 Å². The minimum absolute atomic E-state index is 0.00396. The number of hydrogen-bond donors (Lipinski definition) is 2. The molecule has 1 aliphatic rings. The Bertz CT molecular complexity index is 428. The van der Waals surface area contributed by atoms with Crippen LogP contribution in [0.25, 0.3) is 0 Å². The fraction of sp³-hybridized carbons (Fsp3) is 0.500. The smallest absolute Gasteiger partial charge is 0.251 e. The predicted octanol–water partition coefficient (Wildman–Crippen LogP) is 2.59. The first-order valence-corrected chi connectivity index (χ1v) is 7.47. The van der Waals surface area contributed by atoms with Crippen LogP contribution in [-0.4, -0.2) is 23.5 Å². The number of nitrogens with one attached hydrogen (secondary N) is 1. The van der Waals surface area contributed by atoms with Crippen LogP contribution in [0.5, 0.6) is 0 Å². The normalized spacial score (nSPS) is 19.5. The molecule has 1 aliphatic heterocycles. The Morgan fingerprint density at radius 2 is 2.33 bits per heavy atom. The molecule has 1 aromatic rings. The van der Waals surface area contributed by atoms with Gasteiger partial charge in [0.2, 0.25) is 0 Å². The number of carbonyl (C=O) groups excluding carboxylic acids is 1. The van der Waals surface area contributed by atoms with Crippen molar-refractivity contribution in [3.63, 3.8) is 0 Å². The highest BCUT2D eigenvalue weighted by Gasteiger charge is 2.15. The van der Waals surface area contributed by atoms with E-state index in [2.05, 4.69) is 5.32 Å². The second-order valence-corrected chi connectivity index (χ2v) is 6.18. The van der Waals surface area contributed by atoms with E-state index in [0.717, 1.165) is 17.8 Å². The average Bonchev–Trinajstić information content (AvgIpc) is 2.40. The van der Waals surface area contributed by atoms with E-state index in [4.69, 9.17) is 5.73 Å².